The zero-order valence-electron chi connectivity index (χ0n) is 20.8. The molecule has 2 aromatic carbocycles. The van der Waals surface area contributed by atoms with Gasteiger partial charge in [0.15, 0.2) is 0 Å². The number of rotatable bonds is 9. The first-order chi connectivity index (χ1) is 16.5. The number of benzene rings is 2. The molecule has 1 heterocycles. The zero-order valence-corrected chi connectivity index (χ0v) is 20.8. The first-order valence-corrected chi connectivity index (χ1v) is 12.9. The molecule has 180 valence electrons. The van der Waals surface area contributed by atoms with Crippen LogP contribution in [-0.2, 0) is 4.79 Å². The lowest BCUT2D eigenvalue weighted by Crippen LogP contribution is -2.38. The van der Waals surface area contributed by atoms with Crippen LogP contribution in [0.25, 0.3) is 16.6 Å². The number of amides is 1. The Labute approximate surface area is 202 Å². The lowest BCUT2D eigenvalue weighted by atomic mass is 10.0. The van der Waals surface area contributed by atoms with Crippen LogP contribution in [0.4, 0.5) is 0 Å². The Morgan fingerprint density at radius 2 is 1.82 bits per heavy atom. The molecule has 1 unspecified atom stereocenters. The van der Waals surface area contributed by atoms with Gasteiger partial charge in [0.1, 0.15) is 5.82 Å². The lowest BCUT2D eigenvalue weighted by Gasteiger charge is -2.31. The predicted octanol–water partition coefficient (Wildman–Crippen LogP) is 6.35. The minimum absolute atomic E-state index is 0.0874. The molecule has 0 spiro atoms. The molecule has 1 atom stereocenters. The number of carbonyl (C=O) groups is 1. The molecular weight excluding hydrogens is 422 g/mol. The van der Waals surface area contributed by atoms with Gasteiger partial charge in [0.05, 0.1) is 22.6 Å². The minimum Gasteiger partial charge on any atom is -0.333 e. The van der Waals surface area contributed by atoms with Crippen molar-refractivity contribution in [2.45, 2.75) is 78.2 Å². The maximum absolute atomic E-state index is 13.7. The summed E-state index contributed by atoms with van der Waals surface area (Å²) >= 11 is 0. The number of nitrogens with zero attached hydrogens (tertiary/aromatic N) is 3. The summed E-state index contributed by atoms with van der Waals surface area (Å²) in [5.41, 5.74) is 2.41. The molecule has 1 amide bonds. The van der Waals surface area contributed by atoms with Gasteiger partial charge in [0.2, 0.25) is 5.91 Å². The fraction of sp³-hybridized carbons (Fsp3) is 0.483. The van der Waals surface area contributed by atoms with Crippen molar-refractivity contribution in [2.24, 2.45) is 5.92 Å². The van der Waals surface area contributed by atoms with E-state index in [0.29, 0.717) is 35.6 Å². The van der Waals surface area contributed by atoms with Gasteiger partial charge in [-0.15, -0.1) is 0 Å². The number of para-hydroxylation sites is 2. The van der Waals surface area contributed by atoms with Gasteiger partial charge >= 0.3 is 0 Å². The van der Waals surface area contributed by atoms with Crippen LogP contribution < -0.4 is 5.56 Å². The van der Waals surface area contributed by atoms with Crippen molar-refractivity contribution in [1.29, 1.82) is 0 Å². The van der Waals surface area contributed by atoms with Crippen LogP contribution in [0.1, 0.15) is 82.6 Å². The molecule has 0 aliphatic heterocycles. The summed E-state index contributed by atoms with van der Waals surface area (Å²) in [6, 6.07) is 15.1. The molecule has 1 aromatic heterocycles. The number of hydrogen-bond acceptors (Lipinski definition) is 3. The number of unbranched alkanes of at least 4 members (excludes halogenated alkanes) is 1. The molecule has 1 aliphatic carbocycles. The zero-order chi connectivity index (χ0) is 24.1. The number of hydrogen-bond donors (Lipinski definition) is 0. The molecule has 34 heavy (non-hydrogen) atoms. The molecule has 4 rings (SSSR count). The van der Waals surface area contributed by atoms with E-state index in [-0.39, 0.29) is 17.5 Å². The Morgan fingerprint density at radius 3 is 2.56 bits per heavy atom. The molecular formula is C29H37N3O2. The van der Waals surface area contributed by atoms with Gasteiger partial charge in [-0.05, 0) is 56.4 Å². The highest BCUT2D eigenvalue weighted by Crippen LogP contribution is 2.30. The third kappa shape index (κ3) is 5.08. The molecule has 0 N–H and O–H groups in total. The normalized spacial score (nSPS) is 15.0. The SMILES string of the molecule is CCCCN(C(=O)CCC1CCCC1)C(C)c1nc2ccccc2c(=O)n1-c1ccccc1C. The number of aryl methyl sites for hydroxylation is 1. The van der Waals surface area contributed by atoms with E-state index in [1.54, 1.807) is 4.57 Å². The van der Waals surface area contributed by atoms with Crippen LogP contribution in [0, 0.1) is 12.8 Å². The standard InChI is InChI=1S/C29H37N3O2/c1-4-5-20-31(27(33)19-18-23-13-7-8-14-23)22(3)28-30-25-16-10-9-15-24(25)29(34)32(28)26-17-11-6-12-21(26)2/h6,9-12,15-17,22-23H,4-5,7-8,13-14,18-20H2,1-3H3. The van der Waals surface area contributed by atoms with Crippen LogP contribution >= 0.6 is 0 Å². The van der Waals surface area contributed by atoms with E-state index in [0.717, 1.165) is 30.5 Å². The highest BCUT2D eigenvalue weighted by atomic mass is 16.2. The van der Waals surface area contributed by atoms with Gasteiger partial charge < -0.3 is 4.90 Å². The largest absolute Gasteiger partial charge is 0.333 e. The first-order valence-electron chi connectivity index (χ1n) is 12.9. The van der Waals surface area contributed by atoms with Crippen molar-refractivity contribution in [3.8, 4) is 5.69 Å². The van der Waals surface area contributed by atoms with Crippen LogP contribution in [0.5, 0.6) is 0 Å². The molecule has 0 radical (unpaired) electrons. The fourth-order valence-electron chi connectivity index (χ4n) is 5.25. The minimum atomic E-state index is -0.306. The summed E-state index contributed by atoms with van der Waals surface area (Å²) in [5.74, 6) is 1.48. The Kier molecular flexibility index (Phi) is 7.81. The van der Waals surface area contributed by atoms with E-state index in [1.165, 1.54) is 25.7 Å². The summed E-state index contributed by atoms with van der Waals surface area (Å²) in [7, 11) is 0. The van der Waals surface area contributed by atoms with Crippen molar-refractivity contribution in [2.75, 3.05) is 6.54 Å². The van der Waals surface area contributed by atoms with Crippen LogP contribution in [0.15, 0.2) is 53.3 Å². The van der Waals surface area contributed by atoms with Crippen molar-refractivity contribution < 1.29 is 4.79 Å². The highest BCUT2D eigenvalue weighted by molar-refractivity contribution is 5.79. The van der Waals surface area contributed by atoms with Gasteiger partial charge in [-0.2, -0.15) is 0 Å². The first kappa shape index (κ1) is 24.2. The second-order valence-corrected chi connectivity index (χ2v) is 9.72. The van der Waals surface area contributed by atoms with E-state index in [2.05, 4.69) is 6.92 Å². The predicted molar refractivity (Wildman–Crippen MR) is 138 cm³/mol. The van der Waals surface area contributed by atoms with Gasteiger partial charge in [0.25, 0.3) is 5.56 Å². The average Bonchev–Trinajstić information content (AvgIpc) is 3.37. The second kappa shape index (κ2) is 11.0. The Bertz CT molecular complexity index is 1190. The molecule has 1 aliphatic rings. The molecule has 1 fully saturated rings. The van der Waals surface area contributed by atoms with Gasteiger partial charge in [-0.25, -0.2) is 4.98 Å². The average molecular weight is 460 g/mol. The van der Waals surface area contributed by atoms with Crippen LogP contribution in [0.2, 0.25) is 0 Å². The van der Waals surface area contributed by atoms with Crippen molar-refractivity contribution >= 4 is 16.8 Å². The van der Waals surface area contributed by atoms with Gasteiger partial charge in [0, 0.05) is 13.0 Å². The lowest BCUT2D eigenvalue weighted by molar-refractivity contribution is -0.134. The Hall–Kier alpha value is -2.95. The number of aromatic nitrogens is 2. The fourth-order valence-corrected chi connectivity index (χ4v) is 5.25. The molecule has 1 saturated carbocycles. The quantitative estimate of drug-likeness (QED) is 0.374. The third-order valence-corrected chi connectivity index (χ3v) is 7.31. The van der Waals surface area contributed by atoms with Gasteiger partial charge in [-0.3, -0.25) is 14.2 Å². The second-order valence-electron chi connectivity index (χ2n) is 9.72. The maximum Gasteiger partial charge on any atom is 0.266 e. The third-order valence-electron chi connectivity index (χ3n) is 7.31. The van der Waals surface area contributed by atoms with E-state index in [9.17, 15) is 9.59 Å². The van der Waals surface area contributed by atoms with E-state index < -0.39 is 0 Å². The summed E-state index contributed by atoms with van der Waals surface area (Å²) in [5, 5.41) is 0.592. The van der Waals surface area contributed by atoms with Crippen molar-refractivity contribution in [3.63, 3.8) is 0 Å². The summed E-state index contributed by atoms with van der Waals surface area (Å²) < 4.78 is 1.73. The summed E-state index contributed by atoms with van der Waals surface area (Å²) in [6.45, 7) is 6.85. The number of fused-ring (bicyclic) bond motifs is 1. The van der Waals surface area contributed by atoms with Crippen LogP contribution in [0.3, 0.4) is 0 Å². The van der Waals surface area contributed by atoms with Crippen molar-refractivity contribution in [3.05, 3.63) is 70.3 Å². The summed E-state index contributed by atoms with van der Waals surface area (Å²) in [6.07, 6.45) is 8.55. The number of carbonyl (C=O) groups excluding carboxylic acids is 1. The van der Waals surface area contributed by atoms with E-state index >= 15 is 0 Å². The molecule has 3 aromatic rings. The molecule has 0 saturated heterocycles. The Balaban J connectivity index is 1.77. The molecule has 5 nitrogen and oxygen atoms in total. The van der Waals surface area contributed by atoms with Gasteiger partial charge in [-0.1, -0.05) is 69.4 Å². The van der Waals surface area contributed by atoms with Crippen LogP contribution in [-0.4, -0.2) is 26.9 Å². The summed E-state index contributed by atoms with van der Waals surface area (Å²) in [4.78, 5) is 34.2. The van der Waals surface area contributed by atoms with Crippen molar-refractivity contribution in [1.82, 2.24) is 14.5 Å². The highest BCUT2D eigenvalue weighted by Gasteiger charge is 2.27. The smallest absolute Gasteiger partial charge is 0.266 e. The van der Waals surface area contributed by atoms with E-state index in [4.69, 9.17) is 4.98 Å². The topological polar surface area (TPSA) is 55.2 Å². The van der Waals surface area contributed by atoms with E-state index in [1.807, 2.05) is 67.3 Å². The Morgan fingerprint density at radius 1 is 1.12 bits per heavy atom. The maximum atomic E-state index is 13.7. The molecule has 5 heteroatoms. The molecule has 0 bridgehead atoms. The monoisotopic (exact) mass is 459 g/mol.